The molecule has 0 fully saturated rings. The highest BCUT2D eigenvalue weighted by atomic mass is 35.5. The number of thioether (sulfide) groups is 1. The molecule has 1 N–H and O–H groups in total. The van der Waals surface area contributed by atoms with Crippen LogP contribution in [0.3, 0.4) is 0 Å². The van der Waals surface area contributed by atoms with Crippen LogP contribution in [0.5, 0.6) is 0 Å². The Morgan fingerprint density at radius 2 is 1.72 bits per heavy atom. The topological polar surface area (TPSA) is 49.4 Å². The van der Waals surface area contributed by atoms with E-state index in [9.17, 15) is 9.59 Å². The highest BCUT2D eigenvalue weighted by Crippen LogP contribution is 2.27. The number of rotatable bonds is 10. The van der Waals surface area contributed by atoms with Crippen LogP contribution >= 0.6 is 35.0 Å². The summed E-state index contributed by atoms with van der Waals surface area (Å²) in [5, 5.41) is 3.85. The van der Waals surface area contributed by atoms with E-state index in [-0.39, 0.29) is 24.1 Å². The second-order valence-corrected chi connectivity index (χ2v) is 8.51. The molecule has 0 aliphatic rings. The molecule has 2 aromatic rings. The predicted molar refractivity (Wildman–Crippen MR) is 122 cm³/mol. The van der Waals surface area contributed by atoms with Crippen molar-refractivity contribution in [3.8, 4) is 0 Å². The van der Waals surface area contributed by atoms with Crippen LogP contribution in [0.4, 0.5) is 0 Å². The first-order chi connectivity index (χ1) is 13.9. The van der Waals surface area contributed by atoms with E-state index < -0.39 is 6.04 Å². The summed E-state index contributed by atoms with van der Waals surface area (Å²) in [6.07, 6.45) is 1.88. The lowest BCUT2D eigenvalue weighted by atomic mass is 10.1. The minimum absolute atomic E-state index is 0.145. The van der Waals surface area contributed by atoms with Gasteiger partial charge in [0.1, 0.15) is 6.04 Å². The average molecular weight is 453 g/mol. The summed E-state index contributed by atoms with van der Waals surface area (Å²) < 4.78 is 0. The van der Waals surface area contributed by atoms with Crippen molar-refractivity contribution in [2.75, 3.05) is 12.3 Å². The lowest BCUT2D eigenvalue weighted by molar-refractivity contribution is -0.138. The highest BCUT2D eigenvalue weighted by molar-refractivity contribution is 8.00. The van der Waals surface area contributed by atoms with Crippen molar-refractivity contribution in [3.63, 3.8) is 0 Å². The summed E-state index contributed by atoms with van der Waals surface area (Å²) in [5.41, 5.74) is 0.641. The zero-order chi connectivity index (χ0) is 21.2. The van der Waals surface area contributed by atoms with Crippen LogP contribution in [-0.2, 0) is 16.1 Å². The van der Waals surface area contributed by atoms with E-state index in [2.05, 4.69) is 12.2 Å². The zero-order valence-electron chi connectivity index (χ0n) is 16.7. The Kier molecular flexibility index (Phi) is 9.85. The summed E-state index contributed by atoms with van der Waals surface area (Å²) in [6, 6.07) is 14.3. The van der Waals surface area contributed by atoms with Gasteiger partial charge in [-0.2, -0.15) is 0 Å². The Morgan fingerprint density at radius 3 is 2.34 bits per heavy atom. The third-order valence-corrected chi connectivity index (χ3v) is 6.20. The Bertz CT molecular complexity index is 797. The molecule has 156 valence electrons. The van der Waals surface area contributed by atoms with Crippen molar-refractivity contribution in [1.82, 2.24) is 10.2 Å². The van der Waals surface area contributed by atoms with Gasteiger partial charge in [0.15, 0.2) is 0 Å². The van der Waals surface area contributed by atoms with Crippen LogP contribution in [0.2, 0.25) is 10.0 Å². The minimum Gasteiger partial charge on any atom is -0.354 e. The fourth-order valence-electron chi connectivity index (χ4n) is 2.72. The highest BCUT2D eigenvalue weighted by Gasteiger charge is 2.27. The smallest absolute Gasteiger partial charge is 0.242 e. The number of halogens is 2. The molecule has 0 radical (unpaired) electrons. The minimum atomic E-state index is -0.636. The van der Waals surface area contributed by atoms with Gasteiger partial charge in [-0.25, -0.2) is 0 Å². The zero-order valence-corrected chi connectivity index (χ0v) is 19.0. The maximum absolute atomic E-state index is 13.1. The second-order valence-electron chi connectivity index (χ2n) is 6.64. The van der Waals surface area contributed by atoms with Gasteiger partial charge in [0.05, 0.1) is 5.75 Å². The van der Waals surface area contributed by atoms with Gasteiger partial charge in [-0.05, 0) is 37.6 Å². The van der Waals surface area contributed by atoms with Gasteiger partial charge in [0.2, 0.25) is 11.8 Å². The number of amides is 2. The maximum atomic E-state index is 13.1. The Hall–Kier alpha value is -1.69. The van der Waals surface area contributed by atoms with Gasteiger partial charge in [0.25, 0.3) is 0 Å². The summed E-state index contributed by atoms with van der Waals surface area (Å²) in [5.74, 6) is -0.105. The molecule has 0 aliphatic heterocycles. The lowest BCUT2D eigenvalue weighted by Crippen LogP contribution is -2.48. The van der Waals surface area contributed by atoms with E-state index in [1.165, 1.54) is 11.8 Å². The van der Waals surface area contributed by atoms with Gasteiger partial charge >= 0.3 is 0 Å². The Labute approximate surface area is 187 Å². The number of nitrogens with zero attached hydrogens (tertiary/aromatic N) is 1. The van der Waals surface area contributed by atoms with E-state index >= 15 is 0 Å². The van der Waals surface area contributed by atoms with Gasteiger partial charge in [-0.1, -0.05) is 60.8 Å². The molecular formula is C22H26Cl2N2O2S. The molecule has 1 atom stereocenters. The van der Waals surface area contributed by atoms with Crippen molar-refractivity contribution in [2.24, 2.45) is 0 Å². The molecule has 7 heteroatoms. The number of hydrogen-bond donors (Lipinski definition) is 1. The Morgan fingerprint density at radius 1 is 1.07 bits per heavy atom. The normalized spacial score (nSPS) is 11.7. The van der Waals surface area contributed by atoms with E-state index in [4.69, 9.17) is 23.2 Å². The van der Waals surface area contributed by atoms with Crippen molar-refractivity contribution in [3.05, 3.63) is 64.1 Å². The van der Waals surface area contributed by atoms with E-state index in [0.29, 0.717) is 22.2 Å². The fraction of sp³-hybridized carbons (Fsp3) is 0.364. The fourth-order valence-corrected chi connectivity index (χ4v) is 4.04. The number of unbranched alkanes of at least 4 members (excludes halogenated alkanes) is 1. The van der Waals surface area contributed by atoms with Gasteiger partial charge in [-0.15, -0.1) is 11.8 Å². The van der Waals surface area contributed by atoms with Crippen LogP contribution in [0.15, 0.2) is 53.4 Å². The molecule has 0 bridgehead atoms. The van der Waals surface area contributed by atoms with Crippen molar-refractivity contribution < 1.29 is 9.59 Å². The molecular weight excluding hydrogens is 427 g/mol. The van der Waals surface area contributed by atoms with Crippen LogP contribution in [0.25, 0.3) is 0 Å². The van der Waals surface area contributed by atoms with Crippen molar-refractivity contribution in [2.45, 2.75) is 44.2 Å². The number of carbonyl (C=O) groups excluding carboxylic acids is 2. The first kappa shape index (κ1) is 23.6. The quantitative estimate of drug-likeness (QED) is 0.386. The number of nitrogens with one attached hydrogen (secondary N) is 1. The SMILES string of the molecule is CCCCNC(=O)C(C)N(Cc1c(Cl)cccc1Cl)C(=O)CSc1ccccc1. The number of carbonyl (C=O) groups is 2. The van der Waals surface area contributed by atoms with Crippen LogP contribution in [0, 0.1) is 0 Å². The molecule has 0 aliphatic carbocycles. The summed E-state index contributed by atoms with van der Waals surface area (Å²) in [7, 11) is 0. The predicted octanol–water partition coefficient (Wildman–Crippen LogP) is 5.42. The molecule has 2 aromatic carbocycles. The molecule has 2 amide bonds. The molecule has 2 rings (SSSR count). The average Bonchev–Trinajstić information content (AvgIpc) is 2.72. The van der Waals surface area contributed by atoms with Gasteiger partial charge in [0, 0.05) is 33.6 Å². The molecule has 4 nitrogen and oxygen atoms in total. The first-order valence-corrected chi connectivity index (χ1v) is 11.4. The van der Waals surface area contributed by atoms with Crippen molar-refractivity contribution in [1.29, 1.82) is 0 Å². The van der Waals surface area contributed by atoms with E-state index in [0.717, 1.165) is 17.7 Å². The third kappa shape index (κ3) is 7.25. The standard InChI is InChI=1S/C22H26Cl2N2O2S/c1-3-4-13-25-22(28)16(2)26(14-18-19(23)11-8-12-20(18)24)21(27)15-29-17-9-6-5-7-10-17/h5-12,16H,3-4,13-15H2,1-2H3,(H,25,28). The molecule has 0 heterocycles. The molecule has 0 saturated carbocycles. The van der Waals surface area contributed by atoms with Crippen molar-refractivity contribution >= 4 is 46.8 Å². The second kappa shape index (κ2) is 12.1. The summed E-state index contributed by atoms with van der Waals surface area (Å²) in [6.45, 7) is 4.56. The lowest BCUT2D eigenvalue weighted by Gasteiger charge is -2.29. The molecule has 29 heavy (non-hydrogen) atoms. The molecule has 0 saturated heterocycles. The summed E-state index contributed by atoms with van der Waals surface area (Å²) >= 11 is 14.1. The van der Waals surface area contributed by atoms with Crippen LogP contribution < -0.4 is 5.32 Å². The Balaban J connectivity index is 2.17. The van der Waals surface area contributed by atoms with Gasteiger partial charge < -0.3 is 10.2 Å². The molecule has 1 unspecified atom stereocenters. The van der Waals surface area contributed by atoms with Crippen LogP contribution in [-0.4, -0.2) is 35.1 Å². The largest absolute Gasteiger partial charge is 0.354 e. The number of benzene rings is 2. The maximum Gasteiger partial charge on any atom is 0.242 e. The third-order valence-electron chi connectivity index (χ3n) is 4.49. The first-order valence-electron chi connectivity index (χ1n) is 9.62. The van der Waals surface area contributed by atoms with Gasteiger partial charge in [-0.3, -0.25) is 9.59 Å². The van der Waals surface area contributed by atoms with Crippen LogP contribution in [0.1, 0.15) is 32.3 Å². The number of hydrogen-bond acceptors (Lipinski definition) is 3. The monoisotopic (exact) mass is 452 g/mol. The molecule has 0 spiro atoms. The van der Waals surface area contributed by atoms with E-state index in [1.54, 1.807) is 30.0 Å². The van der Waals surface area contributed by atoms with E-state index in [1.807, 2.05) is 30.3 Å². The summed E-state index contributed by atoms with van der Waals surface area (Å²) in [4.78, 5) is 28.2. The molecule has 0 aromatic heterocycles.